The van der Waals surface area contributed by atoms with E-state index in [0.717, 1.165) is 17.2 Å². The minimum absolute atomic E-state index is 0.663. The number of nitrogens with zero attached hydrogens (tertiary/aromatic N) is 4. The molecule has 0 atom stereocenters. The van der Waals surface area contributed by atoms with Gasteiger partial charge in [0.25, 0.3) is 0 Å². The van der Waals surface area contributed by atoms with Crippen molar-refractivity contribution in [1.29, 1.82) is 0 Å². The van der Waals surface area contributed by atoms with Crippen molar-refractivity contribution in [1.82, 2.24) is 19.7 Å². The van der Waals surface area contributed by atoms with Crippen molar-refractivity contribution < 1.29 is 0 Å². The molecule has 0 bridgehead atoms. The first-order valence-corrected chi connectivity index (χ1v) is 7.17. The van der Waals surface area contributed by atoms with Crippen LogP contribution in [0.3, 0.4) is 0 Å². The van der Waals surface area contributed by atoms with Crippen LogP contribution in [0.5, 0.6) is 0 Å². The summed E-state index contributed by atoms with van der Waals surface area (Å²) in [4.78, 5) is 4.16. The molecule has 4 heteroatoms. The van der Waals surface area contributed by atoms with Crippen LogP contribution >= 0.6 is 0 Å². The second-order valence-electron chi connectivity index (χ2n) is 4.01. The summed E-state index contributed by atoms with van der Waals surface area (Å²) in [5, 5.41) is 8.42. The van der Waals surface area contributed by atoms with Crippen LogP contribution in [0.2, 0.25) is 0 Å². The van der Waals surface area contributed by atoms with Crippen molar-refractivity contribution in [3.05, 3.63) is 36.0 Å². The van der Waals surface area contributed by atoms with Gasteiger partial charge >= 0.3 is 0 Å². The van der Waals surface area contributed by atoms with E-state index in [0.29, 0.717) is 5.92 Å². The van der Waals surface area contributed by atoms with Crippen LogP contribution in [-0.4, -0.2) is 19.7 Å². The molecule has 1 aliphatic carbocycles. The van der Waals surface area contributed by atoms with Gasteiger partial charge in [-0.3, -0.25) is 4.57 Å². The number of rotatable bonds is 2. The van der Waals surface area contributed by atoms with Gasteiger partial charge in [0.2, 0.25) is 0 Å². The molecule has 0 radical (unpaired) electrons. The Labute approximate surface area is 115 Å². The number of aromatic nitrogens is 4. The molecular weight excluding hydrogens is 236 g/mol. The van der Waals surface area contributed by atoms with E-state index in [1.165, 1.54) is 12.8 Å². The van der Waals surface area contributed by atoms with Crippen molar-refractivity contribution in [3.8, 4) is 5.82 Å². The SMILES string of the molecule is CC.CC.Cc1cn(-c2ccc(C3CC3)nn2)cn1. The predicted octanol–water partition coefficient (Wildman–Crippen LogP) is 3.90. The summed E-state index contributed by atoms with van der Waals surface area (Å²) in [7, 11) is 0. The van der Waals surface area contributed by atoms with E-state index >= 15 is 0 Å². The highest BCUT2D eigenvalue weighted by atomic mass is 15.2. The molecule has 0 N–H and O–H groups in total. The Morgan fingerprint density at radius 3 is 2.16 bits per heavy atom. The first-order valence-electron chi connectivity index (χ1n) is 7.17. The third-order valence-corrected chi connectivity index (χ3v) is 2.64. The molecule has 0 aromatic carbocycles. The lowest BCUT2D eigenvalue weighted by Gasteiger charge is -2.00. The summed E-state index contributed by atoms with van der Waals surface area (Å²) in [6.45, 7) is 9.96. The smallest absolute Gasteiger partial charge is 0.160 e. The van der Waals surface area contributed by atoms with Crippen LogP contribution in [0.4, 0.5) is 0 Å². The van der Waals surface area contributed by atoms with Crippen LogP contribution in [0.1, 0.15) is 57.8 Å². The van der Waals surface area contributed by atoms with Gasteiger partial charge in [0, 0.05) is 12.1 Å². The van der Waals surface area contributed by atoms with E-state index in [9.17, 15) is 0 Å². The zero-order valence-electron chi connectivity index (χ0n) is 12.6. The van der Waals surface area contributed by atoms with Crippen LogP contribution in [-0.2, 0) is 0 Å². The third kappa shape index (κ3) is 4.16. The molecule has 4 nitrogen and oxygen atoms in total. The topological polar surface area (TPSA) is 43.6 Å². The molecule has 19 heavy (non-hydrogen) atoms. The lowest BCUT2D eigenvalue weighted by Crippen LogP contribution is -1.98. The molecular formula is C15H24N4. The molecule has 0 spiro atoms. The van der Waals surface area contributed by atoms with E-state index in [1.54, 1.807) is 6.33 Å². The van der Waals surface area contributed by atoms with Gasteiger partial charge in [-0.2, -0.15) is 5.10 Å². The Bertz CT molecular complexity index is 469. The minimum Gasteiger partial charge on any atom is -0.289 e. The molecule has 104 valence electrons. The van der Waals surface area contributed by atoms with Gasteiger partial charge in [-0.1, -0.05) is 27.7 Å². The highest BCUT2D eigenvalue weighted by Gasteiger charge is 2.25. The minimum atomic E-state index is 0.663. The fourth-order valence-electron chi connectivity index (χ4n) is 1.62. The zero-order valence-corrected chi connectivity index (χ0v) is 12.6. The first kappa shape index (κ1) is 15.3. The Balaban J connectivity index is 0.000000415. The maximum Gasteiger partial charge on any atom is 0.160 e. The van der Waals surface area contributed by atoms with Crippen LogP contribution in [0.15, 0.2) is 24.7 Å². The van der Waals surface area contributed by atoms with Gasteiger partial charge in [-0.15, -0.1) is 5.10 Å². The van der Waals surface area contributed by atoms with Gasteiger partial charge in [0.05, 0.1) is 11.4 Å². The molecule has 0 aliphatic heterocycles. The van der Waals surface area contributed by atoms with Crippen molar-refractivity contribution >= 4 is 0 Å². The largest absolute Gasteiger partial charge is 0.289 e. The monoisotopic (exact) mass is 260 g/mol. The standard InChI is InChI=1S/C11H12N4.2C2H6/c1-8-6-15(7-12-8)11-5-4-10(13-14-11)9-2-3-9;2*1-2/h4-7,9H,2-3H2,1H3;2*1-2H3. The predicted molar refractivity (Wildman–Crippen MR) is 78.6 cm³/mol. The van der Waals surface area contributed by atoms with E-state index < -0.39 is 0 Å². The fraction of sp³-hybridized carbons (Fsp3) is 0.533. The summed E-state index contributed by atoms with van der Waals surface area (Å²) in [6.07, 6.45) is 6.23. The van der Waals surface area contributed by atoms with Gasteiger partial charge in [0.15, 0.2) is 5.82 Å². The Morgan fingerprint density at radius 1 is 1.05 bits per heavy atom. The van der Waals surface area contributed by atoms with Gasteiger partial charge in [0.1, 0.15) is 6.33 Å². The summed E-state index contributed by atoms with van der Waals surface area (Å²) in [6, 6.07) is 4.07. The maximum absolute atomic E-state index is 4.23. The average molecular weight is 260 g/mol. The average Bonchev–Trinajstić information content (AvgIpc) is 3.25. The molecule has 0 unspecified atom stereocenters. The lowest BCUT2D eigenvalue weighted by atomic mass is 10.3. The molecule has 3 rings (SSSR count). The first-order chi connectivity index (χ1) is 9.33. The molecule has 2 aromatic heterocycles. The Hall–Kier alpha value is -1.71. The summed E-state index contributed by atoms with van der Waals surface area (Å²) in [5.74, 6) is 1.50. The van der Waals surface area contributed by atoms with E-state index in [1.807, 2.05) is 51.4 Å². The van der Waals surface area contributed by atoms with Crippen molar-refractivity contribution in [2.45, 2.75) is 53.4 Å². The molecule has 1 saturated carbocycles. The van der Waals surface area contributed by atoms with E-state index in [-0.39, 0.29) is 0 Å². The Morgan fingerprint density at radius 2 is 1.74 bits per heavy atom. The summed E-state index contributed by atoms with van der Waals surface area (Å²) >= 11 is 0. The molecule has 1 fully saturated rings. The maximum atomic E-state index is 4.23. The number of hydrogen-bond donors (Lipinski definition) is 0. The van der Waals surface area contributed by atoms with Gasteiger partial charge < -0.3 is 0 Å². The van der Waals surface area contributed by atoms with Crippen molar-refractivity contribution in [3.63, 3.8) is 0 Å². The number of hydrogen-bond acceptors (Lipinski definition) is 3. The molecule has 0 saturated heterocycles. The quantitative estimate of drug-likeness (QED) is 0.822. The van der Waals surface area contributed by atoms with Crippen molar-refractivity contribution in [2.75, 3.05) is 0 Å². The second kappa shape index (κ2) is 7.67. The lowest BCUT2D eigenvalue weighted by molar-refractivity contribution is 0.858. The van der Waals surface area contributed by atoms with E-state index in [4.69, 9.17) is 0 Å². The van der Waals surface area contributed by atoms with Crippen LogP contribution in [0, 0.1) is 6.92 Å². The highest BCUT2D eigenvalue weighted by molar-refractivity contribution is 5.25. The zero-order chi connectivity index (χ0) is 14.3. The molecule has 2 heterocycles. The normalized spacial score (nSPS) is 12.9. The Kier molecular flexibility index (Phi) is 6.19. The summed E-state index contributed by atoms with van der Waals surface area (Å²) < 4.78 is 1.89. The molecule has 2 aromatic rings. The summed E-state index contributed by atoms with van der Waals surface area (Å²) in [5.41, 5.74) is 2.11. The second-order valence-corrected chi connectivity index (χ2v) is 4.01. The van der Waals surface area contributed by atoms with Gasteiger partial charge in [-0.25, -0.2) is 4.98 Å². The third-order valence-electron chi connectivity index (χ3n) is 2.64. The van der Waals surface area contributed by atoms with Crippen molar-refractivity contribution in [2.24, 2.45) is 0 Å². The molecule has 0 amide bonds. The van der Waals surface area contributed by atoms with Crippen LogP contribution in [0.25, 0.3) is 5.82 Å². The number of aryl methyl sites for hydroxylation is 1. The van der Waals surface area contributed by atoms with E-state index in [2.05, 4.69) is 21.2 Å². The van der Waals surface area contributed by atoms with Crippen LogP contribution < -0.4 is 0 Å². The van der Waals surface area contributed by atoms with Gasteiger partial charge in [-0.05, 0) is 31.9 Å². The highest BCUT2D eigenvalue weighted by Crippen LogP contribution is 2.38. The molecule has 1 aliphatic rings. The number of imidazole rings is 1. The fourth-order valence-corrected chi connectivity index (χ4v) is 1.62.